The van der Waals surface area contributed by atoms with E-state index in [0.717, 1.165) is 11.1 Å². The minimum atomic E-state index is -2.20. The largest absolute Gasteiger partial charge is 0.542 e. The number of carbonyl (C=O) groups is 4. The number of imide groups is 1. The van der Waals surface area contributed by atoms with Crippen molar-refractivity contribution in [2.75, 3.05) is 12.4 Å². The van der Waals surface area contributed by atoms with Crippen molar-refractivity contribution in [3.63, 3.8) is 0 Å². The number of urea groups is 1. The Kier molecular flexibility index (Phi) is 8.18. The molecule has 2 aliphatic heterocycles. The smallest absolute Gasteiger partial charge is 0.319 e. The van der Waals surface area contributed by atoms with Crippen LogP contribution >= 0.6 is 11.6 Å². The van der Waals surface area contributed by atoms with E-state index in [1.54, 1.807) is 24.3 Å². The fourth-order valence-electron chi connectivity index (χ4n) is 4.39. The number of fused-ring (bicyclic) bond motifs is 1. The quantitative estimate of drug-likeness (QED) is 0.316. The number of benzene rings is 2. The fourth-order valence-corrected chi connectivity index (χ4v) is 5.70. The van der Waals surface area contributed by atoms with Gasteiger partial charge in [0.1, 0.15) is 22.6 Å². The predicted octanol–water partition coefficient (Wildman–Crippen LogP) is 4.82. The SMILES string of the molecule is COc1cc(NC(=O)NCc2ccc3c(c2)CN(C2CCC(=O)NC2=O)C3=O)cc(O[Si](C)(C)C(C)(C)C)c1Cl. The van der Waals surface area contributed by atoms with Crippen LogP contribution in [0, 0.1) is 0 Å². The van der Waals surface area contributed by atoms with Crippen molar-refractivity contribution < 1.29 is 28.3 Å². The molecule has 0 radical (unpaired) electrons. The van der Waals surface area contributed by atoms with Crippen molar-refractivity contribution in [3.8, 4) is 11.5 Å². The molecule has 1 unspecified atom stereocenters. The van der Waals surface area contributed by atoms with E-state index in [2.05, 4.69) is 49.8 Å². The molecule has 1 fully saturated rings. The van der Waals surface area contributed by atoms with Crippen LogP contribution in [0.25, 0.3) is 0 Å². The number of anilines is 1. The summed E-state index contributed by atoms with van der Waals surface area (Å²) < 4.78 is 11.8. The van der Waals surface area contributed by atoms with Gasteiger partial charge in [-0.05, 0) is 41.7 Å². The summed E-state index contributed by atoms with van der Waals surface area (Å²) >= 11 is 6.53. The number of methoxy groups -OCH3 is 1. The van der Waals surface area contributed by atoms with Gasteiger partial charge in [-0.1, -0.05) is 44.5 Å². The Balaban J connectivity index is 1.41. The number of halogens is 1. The summed E-state index contributed by atoms with van der Waals surface area (Å²) in [5.41, 5.74) is 2.54. The zero-order chi connectivity index (χ0) is 29.4. The van der Waals surface area contributed by atoms with Gasteiger partial charge in [0, 0.05) is 42.9 Å². The lowest BCUT2D eigenvalue weighted by atomic mass is 10.0. The Labute approximate surface area is 239 Å². The Morgan fingerprint density at radius 3 is 2.50 bits per heavy atom. The Hall–Kier alpha value is -3.57. The third-order valence-corrected chi connectivity index (χ3v) is 12.4. The molecule has 0 aromatic heterocycles. The summed E-state index contributed by atoms with van der Waals surface area (Å²) in [5, 5.41) is 8.23. The molecule has 1 saturated heterocycles. The van der Waals surface area contributed by atoms with Crippen LogP contribution < -0.4 is 25.1 Å². The Morgan fingerprint density at radius 2 is 1.85 bits per heavy atom. The second kappa shape index (κ2) is 11.1. The first-order chi connectivity index (χ1) is 18.7. The lowest BCUT2D eigenvalue weighted by molar-refractivity contribution is -0.136. The van der Waals surface area contributed by atoms with Gasteiger partial charge < -0.3 is 24.7 Å². The first-order valence-corrected chi connectivity index (χ1v) is 16.4. The topological polar surface area (TPSA) is 126 Å². The van der Waals surface area contributed by atoms with Gasteiger partial charge in [-0.15, -0.1) is 0 Å². The highest BCUT2D eigenvalue weighted by Gasteiger charge is 2.40. The summed E-state index contributed by atoms with van der Waals surface area (Å²) in [7, 11) is -0.703. The van der Waals surface area contributed by atoms with E-state index < -0.39 is 26.3 Å². The molecule has 5 amide bonds. The molecule has 0 aliphatic carbocycles. The summed E-state index contributed by atoms with van der Waals surface area (Å²) in [5.74, 6) is -0.181. The van der Waals surface area contributed by atoms with E-state index in [0.29, 0.717) is 34.2 Å². The average Bonchev–Trinajstić information content (AvgIpc) is 3.19. The van der Waals surface area contributed by atoms with Crippen LogP contribution in [0.5, 0.6) is 11.5 Å². The molecule has 0 saturated carbocycles. The number of nitrogens with zero attached hydrogens (tertiary/aromatic N) is 1. The Morgan fingerprint density at radius 1 is 1.15 bits per heavy atom. The van der Waals surface area contributed by atoms with Gasteiger partial charge in [0.25, 0.3) is 14.2 Å². The molecular formula is C28H35ClN4O6Si. The fraction of sp³-hybridized carbons (Fsp3) is 0.429. The molecule has 2 aromatic carbocycles. The molecule has 10 nitrogen and oxygen atoms in total. The van der Waals surface area contributed by atoms with E-state index in [1.165, 1.54) is 12.0 Å². The van der Waals surface area contributed by atoms with Crippen molar-refractivity contribution in [2.45, 2.75) is 70.9 Å². The highest BCUT2D eigenvalue weighted by Crippen LogP contribution is 2.43. The van der Waals surface area contributed by atoms with Crippen LogP contribution in [0.3, 0.4) is 0 Å². The molecule has 4 rings (SSSR count). The molecule has 214 valence electrons. The highest BCUT2D eigenvalue weighted by atomic mass is 35.5. The van der Waals surface area contributed by atoms with E-state index in [-0.39, 0.29) is 36.4 Å². The van der Waals surface area contributed by atoms with Crippen LogP contribution in [-0.4, -0.2) is 50.1 Å². The highest BCUT2D eigenvalue weighted by molar-refractivity contribution is 6.74. The maximum Gasteiger partial charge on any atom is 0.319 e. The molecule has 12 heteroatoms. The number of piperidine rings is 1. The maximum atomic E-state index is 12.9. The van der Waals surface area contributed by atoms with Gasteiger partial charge in [-0.3, -0.25) is 19.7 Å². The van der Waals surface area contributed by atoms with Gasteiger partial charge in [-0.25, -0.2) is 4.79 Å². The molecule has 2 aliphatic rings. The average molecular weight is 587 g/mol. The van der Waals surface area contributed by atoms with Gasteiger partial charge in [0.2, 0.25) is 11.8 Å². The van der Waals surface area contributed by atoms with Crippen molar-refractivity contribution in [2.24, 2.45) is 0 Å². The lowest BCUT2D eigenvalue weighted by Crippen LogP contribution is -2.52. The third-order valence-electron chi connectivity index (χ3n) is 7.70. The minimum absolute atomic E-state index is 0.0518. The minimum Gasteiger partial charge on any atom is -0.542 e. The summed E-state index contributed by atoms with van der Waals surface area (Å²) in [6.45, 7) is 11.1. The number of hydrogen-bond acceptors (Lipinski definition) is 6. The van der Waals surface area contributed by atoms with Gasteiger partial charge in [0.05, 0.1) is 7.11 Å². The van der Waals surface area contributed by atoms with E-state index in [4.69, 9.17) is 20.8 Å². The second-order valence-corrected chi connectivity index (χ2v) is 16.7. The molecular weight excluding hydrogens is 552 g/mol. The number of amides is 5. The van der Waals surface area contributed by atoms with Gasteiger partial charge in [-0.2, -0.15) is 0 Å². The molecule has 3 N–H and O–H groups in total. The van der Waals surface area contributed by atoms with Crippen LogP contribution in [0.4, 0.5) is 10.5 Å². The molecule has 1 atom stereocenters. The number of nitrogens with one attached hydrogen (secondary N) is 3. The zero-order valence-electron chi connectivity index (χ0n) is 23.6. The van der Waals surface area contributed by atoms with Gasteiger partial charge in [0.15, 0.2) is 0 Å². The predicted molar refractivity (Wildman–Crippen MR) is 154 cm³/mol. The number of hydrogen-bond donors (Lipinski definition) is 3. The van der Waals surface area contributed by atoms with Crippen molar-refractivity contribution >= 4 is 49.4 Å². The van der Waals surface area contributed by atoms with E-state index >= 15 is 0 Å². The molecule has 40 heavy (non-hydrogen) atoms. The zero-order valence-corrected chi connectivity index (χ0v) is 25.3. The monoisotopic (exact) mass is 586 g/mol. The van der Waals surface area contributed by atoms with Crippen molar-refractivity contribution in [1.82, 2.24) is 15.5 Å². The lowest BCUT2D eigenvalue weighted by Gasteiger charge is -2.36. The number of ether oxygens (including phenoxy) is 1. The first-order valence-electron chi connectivity index (χ1n) is 13.1. The second-order valence-electron chi connectivity index (χ2n) is 11.6. The molecule has 0 spiro atoms. The maximum absolute atomic E-state index is 12.9. The summed E-state index contributed by atoms with van der Waals surface area (Å²) in [6.07, 6.45) is 0.501. The van der Waals surface area contributed by atoms with Crippen LogP contribution in [0.15, 0.2) is 30.3 Å². The van der Waals surface area contributed by atoms with Crippen molar-refractivity contribution in [3.05, 3.63) is 52.0 Å². The first kappa shape index (κ1) is 29.4. The van der Waals surface area contributed by atoms with Crippen LogP contribution in [-0.2, 0) is 22.7 Å². The summed E-state index contributed by atoms with van der Waals surface area (Å²) in [4.78, 5) is 50.9. The van der Waals surface area contributed by atoms with E-state index in [9.17, 15) is 19.2 Å². The van der Waals surface area contributed by atoms with Crippen molar-refractivity contribution in [1.29, 1.82) is 0 Å². The van der Waals surface area contributed by atoms with E-state index in [1.807, 2.05) is 6.07 Å². The number of carbonyl (C=O) groups excluding carboxylic acids is 4. The standard InChI is InChI=1S/C28H35ClN4O6Si/c1-28(2,3)40(5,6)39-22-13-18(12-21(38-4)24(22)29)31-27(37)30-14-16-7-8-19-17(11-16)15-33(26(19)36)20-9-10-23(34)32-25(20)35/h7-8,11-13,20H,9-10,14-15H2,1-6H3,(H2,30,31,37)(H,32,34,35). The normalized spacial score (nSPS) is 17.3. The van der Waals surface area contributed by atoms with Gasteiger partial charge >= 0.3 is 6.03 Å². The summed E-state index contributed by atoms with van der Waals surface area (Å²) in [6, 6.07) is 7.52. The Bertz CT molecular complexity index is 1370. The van der Waals surface area contributed by atoms with Crippen LogP contribution in [0.2, 0.25) is 23.2 Å². The van der Waals surface area contributed by atoms with Crippen LogP contribution in [0.1, 0.15) is 55.1 Å². The molecule has 2 aromatic rings. The number of rotatable bonds is 7. The molecule has 0 bridgehead atoms. The molecule has 2 heterocycles. The third kappa shape index (κ3) is 6.10.